The van der Waals surface area contributed by atoms with E-state index < -0.39 is 6.09 Å². The van der Waals surface area contributed by atoms with Crippen molar-refractivity contribution in [3.8, 4) is 0 Å². The maximum Gasteiger partial charge on any atom is 0.407 e. The lowest BCUT2D eigenvalue weighted by atomic mass is 9.78. The number of rotatable bonds is 2. The van der Waals surface area contributed by atoms with E-state index in [9.17, 15) is 4.79 Å². The molecular formula is C11H20INO2. The highest BCUT2D eigenvalue weighted by molar-refractivity contribution is 14.1. The van der Waals surface area contributed by atoms with E-state index in [1.807, 2.05) is 0 Å². The topological polar surface area (TPSA) is 40.5 Å². The number of hydrogen-bond acceptors (Lipinski definition) is 1. The fourth-order valence-electron chi connectivity index (χ4n) is 2.69. The van der Waals surface area contributed by atoms with Crippen LogP contribution < -0.4 is 0 Å². The second-order valence-electron chi connectivity index (χ2n) is 5.31. The van der Waals surface area contributed by atoms with E-state index in [-0.39, 0.29) is 11.5 Å². The van der Waals surface area contributed by atoms with Gasteiger partial charge in [0.25, 0.3) is 0 Å². The van der Waals surface area contributed by atoms with Crippen molar-refractivity contribution >= 4 is 28.7 Å². The summed E-state index contributed by atoms with van der Waals surface area (Å²) in [5, 5.41) is 9.16. The molecule has 0 saturated carbocycles. The summed E-state index contributed by atoms with van der Waals surface area (Å²) in [5.41, 5.74) is 0.0470. The third-order valence-electron chi connectivity index (χ3n) is 3.14. The van der Waals surface area contributed by atoms with Gasteiger partial charge in [0.2, 0.25) is 0 Å². The van der Waals surface area contributed by atoms with Crippen LogP contribution in [-0.4, -0.2) is 33.1 Å². The number of nitrogens with zero attached hydrogens (tertiary/aromatic N) is 1. The Morgan fingerprint density at radius 2 is 2.13 bits per heavy atom. The van der Waals surface area contributed by atoms with Gasteiger partial charge in [-0.3, -0.25) is 0 Å². The number of halogens is 1. The summed E-state index contributed by atoms with van der Waals surface area (Å²) in [6.45, 7) is 7.12. The van der Waals surface area contributed by atoms with Crippen LogP contribution in [0.5, 0.6) is 0 Å². The van der Waals surface area contributed by atoms with Crippen molar-refractivity contribution in [3.05, 3.63) is 0 Å². The Labute approximate surface area is 105 Å². The van der Waals surface area contributed by atoms with Crippen molar-refractivity contribution in [3.63, 3.8) is 0 Å². The third kappa shape index (κ3) is 2.98. The van der Waals surface area contributed by atoms with Gasteiger partial charge in [0.1, 0.15) is 0 Å². The lowest BCUT2D eigenvalue weighted by molar-refractivity contribution is 0.0906. The van der Waals surface area contributed by atoms with Gasteiger partial charge in [-0.15, -0.1) is 0 Å². The summed E-state index contributed by atoms with van der Waals surface area (Å²) < 4.78 is 1.11. The van der Waals surface area contributed by atoms with Gasteiger partial charge in [-0.1, -0.05) is 43.4 Å². The largest absolute Gasteiger partial charge is 0.465 e. The number of alkyl halides is 1. The Morgan fingerprint density at radius 3 is 2.53 bits per heavy atom. The molecular weight excluding hydrogens is 305 g/mol. The minimum Gasteiger partial charge on any atom is -0.465 e. The summed E-state index contributed by atoms with van der Waals surface area (Å²) in [4.78, 5) is 12.8. The monoisotopic (exact) mass is 325 g/mol. The zero-order chi connectivity index (χ0) is 11.6. The van der Waals surface area contributed by atoms with E-state index in [2.05, 4.69) is 43.4 Å². The fourth-order valence-corrected chi connectivity index (χ4v) is 3.49. The fraction of sp³-hybridized carbons (Fsp3) is 0.909. The first-order valence-electron chi connectivity index (χ1n) is 5.43. The molecule has 0 aromatic carbocycles. The van der Waals surface area contributed by atoms with Gasteiger partial charge in [0, 0.05) is 12.6 Å². The second kappa shape index (κ2) is 4.89. The van der Waals surface area contributed by atoms with Crippen molar-refractivity contribution < 1.29 is 9.90 Å². The Morgan fingerprint density at radius 1 is 1.53 bits per heavy atom. The molecule has 0 bridgehead atoms. The molecule has 1 aliphatic rings. The Kier molecular flexibility index (Phi) is 4.26. The predicted molar refractivity (Wildman–Crippen MR) is 69.6 cm³/mol. The lowest BCUT2D eigenvalue weighted by Crippen LogP contribution is -2.45. The van der Waals surface area contributed by atoms with E-state index in [1.54, 1.807) is 4.90 Å². The molecule has 0 aromatic rings. The van der Waals surface area contributed by atoms with Crippen molar-refractivity contribution in [1.29, 1.82) is 0 Å². The van der Waals surface area contributed by atoms with Crippen LogP contribution >= 0.6 is 22.6 Å². The molecule has 88 valence electrons. The minimum atomic E-state index is -0.758. The maximum atomic E-state index is 11.1. The normalized spacial score (nSPS) is 27.1. The van der Waals surface area contributed by atoms with Crippen LogP contribution in [0.4, 0.5) is 4.79 Å². The molecule has 1 fully saturated rings. The van der Waals surface area contributed by atoms with Gasteiger partial charge in [-0.2, -0.15) is 0 Å². The average Bonchev–Trinajstić information content (AvgIpc) is 2.47. The quantitative estimate of drug-likeness (QED) is 0.625. The van der Waals surface area contributed by atoms with Gasteiger partial charge in [0.15, 0.2) is 0 Å². The Hall–Kier alpha value is 0. The van der Waals surface area contributed by atoms with Gasteiger partial charge in [-0.05, 0) is 28.6 Å². The van der Waals surface area contributed by atoms with Crippen molar-refractivity contribution in [1.82, 2.24) is 4.90 Å². The zero-order valence-corrected chi connectivity index (χ0v) is 11.8. The number of hydrogen-bond donors (Lipinski definition) is 1. The van der Waals surface area contributed by atoms with Crippen LogP contribution in [0.25, 0.3) is 0 Å². The van der Waals surface area contributed by atoms with E-state index in [1.165, 1.54) is 0 Å². The molecule has 1 aliphatic heterocycles. The molecule has 15 heavy (non-hydrogen) atoms. The zero-order valence-electron chi connectivity index (χ0n) is 9.66. The lowest BCUT2D eigenvalue weighted by Gasteiger charge is -2.37. The molecule has 1 unspecified atom stereocenters. The van der Waals surface area contributed by atoms with Gasteiger partial charge in [-0.25, -0.2) is 4.79 Å². The van der Waals surface area contributed by atoms with Gasteiger partial charge < -0.3 is 10.0 Å². The summed E-state index contributed by atoms with van der Waals surface area (Å²) in [6, 6.07) is 0.185. The van der Waals surface area contributed by atoms with E-state index in [0.717, 1.165) is 17.3 Å². The number of amides is 1. The molecule has 1 saturated heterocycles. The summed E-state index contributed by atoms with van der Waals surface area (Å²) in [7, 11) is 0. The summed E-state index contributed by atoms with van der Waals surface area (Å²) in [5.74, 6) is 0.540. The van der Waals surface area contributed by atoms with Crippen LogP contribution in [-0.2, 0) is 0 Å². The molecule has 3 nitrogen and oxygen atoms in total. The SMILES string of the molecule is CC(C)(C)[C@H]1C(CCI)CCN1C(=O)O. The molecule has 4 heteroatoms. The van der Waals surface area contributed by atoms with Crippen LogP contribution in [0, 0.1) is 11.3 Å². The Balaban J connectivity index is 2.83. The second-order valence-corrected chi connectivity index (χ2v) is 6.39. The first-order valence-corrected chi connectivity index (χ1v) is 6.96. The highest BCUT2D eigenvalue weighted by atomic mass is 127. The highest BCUT2D eigenvalue weighted by Gasteiger charge is 2.43. The molecule has 1 N–H and O–H groups in total. The molecule has 0 spiro atoms. The smallest absolute Gasteiger partial charge is 0.407 e. The van der Waals surface area contributed by atoms with Crippen molar-refractivity contribution in [2.24, 2.45) is 11.3 Å². The average molecular weight is 325 g/mol. The van der Waals surface area contributed by atoms with Crippen LogP contribution in [0.3, 0.4) is 0 Å². The standard InChI is InChI=1S/C11H20INO2/c1-11(2,3)9-8(4-6-12)5-7-13(9)10(14)15/h8-9H,4-7H2,1-3H3,(H,14,15)/t8?,9-/m1/s1. The molecule has 2 atom stereocenters. The van der Waals surface area contributed by atoms with Crippen LogP contribution in [0.1, 0.15) is 33.6 Å². The number of carboxylic acid groups (broad SMARTS) is 1. The molecule has 1 heterocycles. The van der Waals surface area contributed by atoms with Gasteiger partial charge in [0.05, 0.1) is 0 Å². The molecule has 1 rings (SSSR count). The summed E-state index contributed by atoms with van der Waals surface area (Å²) >= 11 is 2.37. The van der Waals surface area contributed by atoms with Gasteiger partial charge >= 0.3 is 6.09 Å². The van der Waals surface area contributed by atoms with E-state index >= 15 is 0 Å². The first-order chi connectivity index (χ1) is 6.88. The maximum absolute atomic E-state index is 11.1. The van der Waals surface area contributed by atoms with Crippen molar-refractivity contribution in [2.75, 3.05) is 11.0 Å². The number of carbonyl (C=O) groups is 1. The highest BCUT2D eigenvalue weighted by Crippen LogP contribution is 2.38. The predicted octanol–water partition coefficient (Wildman–Crippen LogP) is 3.23. The third-order valence-corrected chi connectivity index (χ3v) is 3.76. The van der Waals surface area contributed by atoms with E-state index in [0.29, 0.717) is 12.5 Å². The van der Waals surface area contributed by atoms with Crippen LogP contribution in [0.15, 0.2) is 0 Å². The molecule has 1 amide bonds. The van der Waals surface area contributed by atoms with E-state index in [4.69, 9.17) is 5.11 Å². The molecule has 0 aliphatic carbocycles. The summed E-state index contributed by atoms with van der Waals surface area (Å²) in [6.07, 6.45) is 1.40. The van der Waals surface area contributed by atoms with Crippen molar-refractivity contribution in [2.45, 2.75) is 39.7 Å². The van der Waals surface area contributed by atoms with Crippen LogP contribution in [0.2, 0.25) is 0 Å². The molecule has 0 radical (unpaired) electrons. The Bertz CT molecular complexity index is 237. The minimum absolute atomic E-state index is 0.0470. The first kappa shape index (κ1) is 13.1. The number of likely N-dealkylation sites (tertiary alicyclic amines) is 1. The molecule has 0 aromatic heterocycles.